The van der Waals surface area contributed by atoms with E-state index in [1.165, 1.54) is 6.07 Å². The highest BCUT2D eigenvalue weighted by Gasteiger charge is 2.11. The van der Waals surface area contributed by atoms with Crippen LogP contribution in [-0.4, -0.2) is 28.2 Å². The van der Waals surface area contributed by atoms with Gasteiger partial charge in [-0.25, -0.2) is 14.8 Å². The molecule has 0 aliphatic carbocycles. The van der Waals surface area contributed by atoms with Crippen LogP contribution < -0.4 is 4.74 Å². The number of hydrogen-bond acceptors (Lipinski definition) is 4. The number of carboxylic acid groups (broad SMARTS) is 1. The van der Waals surface area contributed by atoms with Gasteiger partial charge >= 0.3 is 5.97 Å². The Kier molecular flexibility index (Phi) is 3.66. The molecule has 19 heavy (non-hydrogen) atoms. The number of carbonyl (C=O) groups is 1. The van der Waals surface area contributed by atoms with Gasteiger partial charge in [-0.15, -0.1) is 0 Å². The van der Waals surface area contributed by atoms with Gasteiger partial charge in [0, 0.05) is 5.56 Å². The number of halogens is 1. The first-order valence-corrected chi connectivity index (χ1v) is 5.82. The Balaban J connectivity index is 2.52. The van der Waals surface area contributed by atoms with Crippen LogP contribution in [0.4, 0.5) is 0 Å². The van der Waals surface area contributed by atoms with Crippen LogP contribution >= 0.6 is 11.6 Å². The fourth-order valence-electron chi connectivity index (χ4n) is 1.71. The third-order valence-electron chi connectivity index (χ3n) is 2.61. The normalized spacial score (nSPS) is 10.3. The zero-order valence-corrected chi connectivity index (χ0v) is 11.1. The summed E-state index contributed by atoms with van der Waals surface area (Å²) in [6, 6.07) is 6.82. The maximum absolute atomic E-state index is 10.9. The molecule has 0 unspecified atom stereocenters. The molecule has 1 aromatic heterocycles. The molecular weight excluding hydrogens is 268 g/mol. The smallest absolute Gasteiger partial charge is 0.354 e. The Morgan fingerprint density at radius 3 is 2.63 bits per heavy atom. The molecule has 0 saturated heterocycles. The fourth-order valence-corrected chi connectivity index (χ4v) is 1.90. The average molecular weight is 279 g/mol. The highest BCUT2D eigenvalue weighted by molar-refractivity contribution is 6.28. The van der Waals surface area contributed by atoms with E-state index in [0.29, 0.717) is 5.69 Å². The number of aromatic carboxylic acids is 1. The summed E-state index contributed by atoms with van der Waals surface area (Å²) >= 11 is 5.73. The topological polar surface area (TPSA) is 72.3 Å². The lowest BCUT2D eigenvalue weighted by atomic mass is 10.1. The molecule has 0 amide bonds. The van der Waals surface area contributed by atoms with Gasteiger partial charge < -0.3 is 9.84 Å². The monoisotopic (exact) mass is 278 g/mol. The number of aromatic nitrogens is 2. The third kappa shape index (κ3) is 2.82. The van der Waals surface area contributed by atoms with Crippen molar-refractivity contribution in [1.82, 2.24) is 9.97 Å². The second-order valence-electron chi connectivity index (χ2n) is 3.90. The van der Waals surface area contributed by atoms with Crippen LogP contribution in [-0.2, 0) is 0 Å². The largest absolute Gasteiger partial charge is 0.496 e. The second kappa shape index (κ2) is 5.24. The van der Waals surface area contributed by atoms with Crippen molar-refractivity contribution in [2.45, 2.75) is 6.92 Å². The summed E-state index contributed by atoms with van der Waals surface area (Å²) in [5.41, 5.74) is 2.00. The van der Waals surface area contributed by atoms with Crippen molar-refractivity contribution in [2.75, 3.05) is 7.11 Å². The van der Waals surface area contributed by atoms with Gasteiger partial charge in [0.25, 0.3) is 0 Å². The van der Waals surface area contributed by atoms with Gasteiger partial charge in [-0.05, 0) is 48.4 Å². The molecular formula is C13H11ClN2O3. The number of benzene rings is 1. The van der Waals surface area contributed by atoms with Crippen molar-refractivity contribution in [1.29, 1.82) is 0 Å². The van der Waals surface area contributed by atoms with Gasteiger partial charge in [0.2, 0.25) is 5.28 Å². The van der Waals surface area contributed by atoms with E-state index in [2.05, 4.69) is 9.97 Å². The molecule has 6 heteroatoms. The van der Waals surface area contributed by atoms with Crippen LogP contribution in [0.5, 0.6) is 5.75 Å². The van der Waals surface area contributed by atoms with Crippen molar-refractivity contribution in [2.24, 2.45) is 0 Å². The molecule has 0 bridgehead atoms. The van der Waals surface area contributed by atoms with Gasteiger partial charge in [-0.3, -0.25) is 0 Å². The van der Waals surface area contributed by atoms with Gasteiger partial charge in [0.05, 0.1) is 12.8 Å². The zero-order valence-electron chi connectivity index (χ0n) is 10.3. The fraction of sp³-hybridized carbons (Fsp3) is 0.154. The standard InChI is InChI=1S/C13H11ClN2O3/c1-7-5-8(3-4-11(7)19-2)9-6-10(12(17)18)16-13(14)15-9/h3-6H,1-2H3,(H,17,18). The SMILES string of the molecule is COc1ccc(-c2cc(C(=O)O)nc(Cl)n2)cc1C. The third-order valence-corrected chi connectivity index (χ3v) is 2.78. The molecule has 5 nitrogen and oxygen atoms in total. The summed E-state index contributed by atoms with van der Waals surface area (Å²) in [5.74, 6) is -0.391. The van der Waals surface area contributed by atoms with Crippen LogP contribution in [0.1, 0.15) is 16.1 Å². The highest BCUT2D eigenvalue weighted by Crippen LogP contribution is 2.25. The predicted molar refractivity (Wildman–Crippen MR) is 70.7 cm³/mol. The molecule has 1 heterocycles. The molecule has 0 aliphatic rings. The molecule has 0 spiro atoms. The van der Waals surface area contributed by atoms with E-state index >= 15 is 0 Å². The quantitative estimate of drug-likeness (QED) is 0.874. The van der Waals surface area contributed by atoms with Crippen LogP contribution in [0.2, 0.25) is 5.28 Å². The summed E-state index contributed by atoms with van der Waals surface area (Å²) in [5, 5.41) is 8.85. The van der Waals surface area contributed by atoms with Crippen LogP contribution in [0.3, 0.4) is 0 Å². The lowest BCUT2D eigenvalue weighted by Gasteiger charge is -2.07. The number of aryl methyl sites for hydroxylation is 1. The molecule has 0 atom stereocenters. The summed E-state index contributed by atoms with van der Waals surface area (Å²) < 4.78 is 5.17. The maximum Gasteiger partial charge on any atom is 0.354 e. The first kappa shape index (κ1) is 13.3. The van der Waals surface area contributed by atoms with E-state index < -0.39 is 5.97 Å². The number of rotatable bonds is 3. The number of nitrogens with zero attached hydrogens (tertiary/aromatic N) is 2. The Hall–Kier alpha value is -2.14. The second-order valence-corrected chi connectivity index (χ2v) is 4.24. The lowest BCUT2D eigenvalue weighted by molar-refractivity contribution is 0.0690. The van der Waals surface area contributed by atoms with Crippen molar-refractivity contribution < 1.29 is 14.6 Å². The van der Waals surface area contributed by atoms with Crippen molar-refractivity contribution in [3.05, 3.63) is 40.8 Å². The van der Waals surface area contributed by atoms with Crippen LogP contribution in [0.15, 0.2) is 24.3 Å². The van der Waals surface area contributed by atoms with Gasteiger partial charge in [0.15, 0.2) is 5.69 Å². The van der Waals surface area contributed by atoms with E-state index in [9.17, 15) is 4.79 Å². The molecule has 2 rings (SSSR count). The summed E-state index contributed by atoms with van der Waals surface area (Å²) in [4.78, 5) is 18.6. The van der Waals surface area contributed by atoms with Gasteiger partial charge in [-0.1, -0.05) is 0 Å². The van der Waals surface area contributed by atoms with E-state index in [0.717, 1.165) is 16.9 Å². The molecule has 1 N–H and O–H groups in total. The number of carboxylic acids is 1. The Bertz CT molecular complexity index is 644. The molecule has 0 aliphatic heterocycles. The van der Waals surface area contributed by atoms with Crippen LogP contribution in [0, 0.1) is 6.92 Å². The summed E-state index contributed by atoms with van der Waals surface area (Å²) in [6.45, 7) is 1.89. The molecule has 0 saturated carbocycles. The average Bonchev–Trinajstić information content (AvgIpc) is 2.37. The minimum absolute atomic E-state index is 0.0941. The van der Waals surface area contributed by atoms with Crippen molar-refractivity contribution in [3.8, 4) is 17.0 Å². The highest BCUT2D eigenvalue weighted by atomic mass is 35.5. The maximum atomic E-state index is 10.9. The molecule has 0 radical (unpaired) electrons. The van der Waals surface area contributed by atoms with Gasteiger partial charge in [-0.2, -0.15) is 0 Å². The van der Waals surface area contributed by atoms with Crippen molar-refractivity contribution in [3.63, 3.8) is 0 Å². The van der Waals surface area contributed by atoms with E-state index in [1.807, 2.05) is 13.0 Å². The Morgan fingerprint density at radius 2 is 2.05 bits per heavy atom. The van der Waals surface area contributed by atoms with E-state index in [-0.39, 0.29) is 11.0 Å². The minimum atomic E-state index is -1.14. The molecule has 1 aromatic carbocycles. The lowest BCUT2D eigenvalue weighted by Crippen LogP contribution is -2.02. The van der Waals surface area contributed by atoms with Crippen molar-refractivity contribution >= 4 is 17.6 Å². The number of methoxy groups -OCH3 is 1. The first-order valence-electron chi connectivity index (χ1n) is 5.44. The van der Waals surface area contributed by atoms with Gasteiger partial charge in [0.1, 0.15) is 5.75 Å². The van der Waals surface area contributed by atoms with E-state index in [4.69, 9.17) is 21.4 Å². The number of ether oxygens (including phenoxy) is 1. The summed E-state index contributed by atoms with van der Waals surface area (Å²) in [6.07, 6.45) is 0. The first-order chi connectivity index (χ1) is 9.01. The summed E-state index contributed by atoms with van der Waals surface area (Å²) in [7, 11) is 1.59. The Morgan fingerprint density at radius 1 is 1.32 bits per heavy atom. The number of hydrogen-bond donors (Lipinski definition) is 1. The minimum Gasteiger partial charge on any atom is -0.496 e. The van der Waals surface area contributed by atoms with Crippen LogP contribution in [0.25, 0.3) is 11.3 Å². The molecule has 2 aromatic rings. The molecule has 0 fully saturated rings. The Labute approximate surface area is 114 Å². The zero-order chi connectivity index (χ0) is 14.0. The molecule has 98 valence electrons. The van der Waals surface area contributed by atoms with E-state index in [1.54, 1.807) is 19.2 Å². The predicted octanol–water partition coefficient (Wildman–Crippen LogP) is 2.81.